The minimum Gasteiger partial charge on any atom is -0.427 e. The number of anilines is 1. The van der Waals surface area contributed by atoms with Crippen LogP contribution in [-0.4, -0.2) is 39.0 Å². The fourth-order valence-electron chi connectivity index (χ4n) is 1.77. The number of rotatable bonds is 10. The third-order valence-electron chi connectivity index (χ3n) is 3.00. The average Bonchev–Trinajstić information content (AvgIpc) is 2.47. The van der Waals surface area contributed by atoms with E-state index in [1.54, 1.807) is 6.07 Å². The molecule has 0 saturated carbocycles. The van der Waals surface area contributed by atoms with Crippen LogP contribution in [0, 0.1) is 5.82 Å². The van der Waals surface area contributed by atoms with Gasteiger partial charge in [0, 0.05) is 38.9 Å². The van der Waals surface area contributed by atoms with Crippen molar-refractivity contribution in [3.63, 3.8) is 0 Å². The Kier molecular flexibility index (Phi) is 8.26. The van der Waals surface area contributed by atoms with Gasteiger partial charge in [-0.15, -0.1) is 0 Å². The summed E-state index contributed by atoms with van der Waals surface area (Å²) < 4.78 is 23.4. The quantitative estimate of drug-likeness (QED) is 0.511. The van der Waals surface area contributed by atoms with E-state index < -0.39 is 7.12 Å². The van der Waals surface area contributed by atoms with Crippen LogP contribution in [0.15, 0.2) is 18.2 Å². The van der Waals surface area contributed by atoms with Crippen molar-refractivity contribution >= 4 is 12.8 Å². The number of hydrogen-bond donors (Lipinski definition) is 2. The summed E-state index contributed by atoms with van der Waals surface area (Å²) in [4.78, 5) is 0. The second-order valence-corrected chi connectivity index (χ2v) is 4.53. The van der Waals surface area contributed by atoms with Crippen molar-refractivity contribution in [3.8, 4) is 0 Å². The van der Waals surface area contributed by atoms with Gasteiger partial charge in [-0.2, -0.15) is 0 Å². The van der Waals surface area contributed by atoms with Gasteiger partial charge in [0.15, 0.2) is 0 Å². The highest BCUT2D eigenvalue weighted by Crippen LogP contribution is 2.15. The average molecular weight is 283 g/mol. The van der Waals surface area contributed by atoms with E-state index in [-0.39, 0.29) is 5.82 Å². The predicted octanol–water partition coefficient (Wildman–Crippen LogP) is 2.33. The highest BCUT2D eigenvalue weighted by molar-refractivity contribution is 6.42. The van der Waals surface area contributed by atoms with E-state index in [1.165, 1.54) is 13.2 Å². The maximum atomic E-state index is 13.3. The molecule has 2 N–H and O–H groups in total. The summed E-state index contributed by atoms with van der Waals surface area (Å²) in [6, 6.07) is 5.07. The fraction of sp³-hybridized carbons (Fsp3) is 0.571. The molecule has 0 aliphatic rings. The van der Waals surface area contributed by atoms with E-state index in [9.17, 15) is 4.39 Å². The summed E-state index contributed by atoms with van der Waals surface area (Å²) in [6.07, 6.45) is 2.01. The Hall–Kier alpha value is -1.11. The Morgan fingerprint density at radius 1 is 1.35 bits per heavy atom. The van der Waals surface area contributed by atoms with Gasteiger partial charge < -0.3 is 19.7 Å². The van der Waals surface area contributed by atoms with Gasteiger partial charge in [-0.3, -0.25) is 0 Å². The molecule has 112 valence electrons. The lowest BCUT2D eigenvalue weighted by Gasteiger charge is -2.09. The van der Waals surface area contributed by atoms with Crippen LogP contribution in [0.1, 0.15) is 18.9 Å². The molecule has 6 heteroatoms. The maximum Gasteiger partial charge on any atom is 0.456 e. The molecule has 0 amide bonds. The molecule has 1 aromatic carbocycles. The van der Waals surface area contributed by atoms with Crippen LogP contribution in [0.5, 0.6) is 0 Å². The van der Waals surface area contributed by atoms with Crippen molar-refractivity contribution in [1.82, 2.24) is 0 Å². The van der Waals surface area contributed by atoms with E-state index in [0.29, 0.717) is 26.0 Å². The van der Waals surface area contributed by atoms with E-state index in [1.807, 2.05) is 13.0 Å². The van der Waals surface area contributed by atoms with Gasteiger partial charge in [-0.1, -0.05) is 6.92 Å². The molecule has 0 saturated heterocycles. The Morgan fingerprint density at radius 2 is 2.15 bits per heavy atom. The number of ether oxygens (including phenoxy) is 1. The van der Waals surface area contributed by atoms with Gasteiger partial charge in [0.05, 0.1) is 0 Å². The minimum atomic E-state index is -0.750. The number of benzene rings is 1. The van der Waals surface area contributed by atoms with Gasteiger partial charge in [0.2, 0.25) is 0 Å². The molecule has 0 fully saturated rings. The molecule has 0 aromatic heterocycles. The first-order valence-corrected chi connectivity index (χ1v) is 6.98. The summed E-state index contributed by atoms with van der Waals surface area (Å²) in [6.45, 7) is 3.79. The second kappa shape index (κ2) is 9.74. The van der Waals surface area contributed by atoms with Crippen molar-refractivity contribution in [1.29, 1.82) is 0 Å². The smallest absolute Gasteiger partial charge is 0.427 e. The summed E-state index contributed by atoms with van der Waals surface area (Å²) in [5.41, 5.74) is 1.65. The summed E-state index contributed by atoms with van der Waals surface area (Å²) in [5, 5.41) is 12.4. The zero-order valence-electron chi connectivity index (χ0n) is 12.2. The van der Waals surface area contributed by atoms with E-state index in [0.717, 1.165) is 24.2 Å². The Labute approximate surface area is 120 Å². The lowest BCUT2D eigenvalue weighted by atomic mass is 9.86. The first-order valence-electron chi connectivity index (χ1n) is 6.98. The SMILES string of the molecule is CCc1cc(NCCCOCCB(O)OC)ccc1F. The Bertz CT molecular complexity index is 393. The van der Waals surface area contributed by atoms with Crippen molar-refractivity contribution in [2.45, 2.75) is 26.1 Å². The van der Waals surface area contributed by atoms with Crippen LogP contribution in [0.3, 0.4) is 0 Å². The summed E-state index contributed by atoms with van der Waals surface area (Å²) in [5.74, 6) is -0.155. The molecule has 0 heterocycles. The summed E-state index contributed by atoms with van der Waals surface area (Å²) >= 11 is 0. The van der Waals surface area contributed by atoms with Gasteiger partial charge in [0.25, 0.3) is 0 Å². The van der Waals surface area contributed by atoms with Gasteiger partial charge in [-0.05, 0) is 36.6 Å². The molecule has 20 heavy (non-hydrogen) atoms. The molecule has 4 nitrogen and oxygen atoms in total. The molecular weight excluding hydrogens is 260 g/mol. The standard InChI is InChI=1S/C14H23BFNO3/c1-3-12-11-13(5-6-14(12)16)17-8-4-9-20-10-7-15(18)19-2/h5-6,11,17-18H,3-4,7-10H2,1-2H3. The van der Waals surface area contributed by atoms with Crippen LogP contribution in [0.25, 0.3) is 0 Å². The third kappa shape index (κ3) is 6.37. The van der Waals surface area contributed by atoms with E-state index >= 15 is 0 Å². The van der Waals surface area contributed by atoms with Crippen LogP contribution in [0.4, 0.5) is 10.1 Å². The van der Waals surface area contributed by atoms with Crippen molar-refractivity contribution in [2.24, 2.45) is 0 Å². The minimum absolute atomic E-state index is 0.155. The third-order valence-corrected chi connectivity index (χ3v) is 3.00. The van der Waals surface area contributed by atoms with E-state index in [2.05, 4.69) is 5.32 Å². The predicted molar refractivity (Wildman–Crippen MR) is 79.5 cm³/mol. The van der Waals surface area contributed by atoms with Gasteiger partial charge in [-0.25, -0.2) is 4.39 Å². The molecule has 1 aromatic rings. The van der Waals surface area contributed by atoms with Crippen molar-refractivity contribution < 1.29 is 18.8 Å². The van der Waals surface area contributed by atoms with Crippen LogP contribution < -0.4 is 5.32 Å². The highest BCUT2D eigenvalue weighted by atomic mass is 19.1. The van der Waals surface area contributed by atoms with Crippen LogP contribution in [0.2, 0.25) is 6.32 Å². The topological polar surface area (TPSA) is 50.7 Å². The van der Waals surface area contributed by atoms with Gasteiger partial charge in [0.1, 0.15) is 5.82 Å². The zero-order valence-corrected chi connectivity index (χ0v) is 12.2. The molecule has 1 rings (SSSR count). The first kappa shape index (κ1) is 16.9. The number of halogens is 1. The highest BCUT2D eigenvalue weighted by Gasteiger charge is 2.09. The molecular formula is C14H23BFNO3. The Balaban J connectivity index is 2.12. The molecule has 0 aliphatic carbocycles. The van der Waals surface area contributed by atoms with Crippen LogP contribution >= 0.6 is 0 Å². The molecule has 0 unspecified atom stereocenters. The number of aryl methyl sites for hydroxylation is 1. The fourth-order valence-corrected chi connectivity index (χ4v) is 1.77. The normalized spacial score (nSPS) is 10.6. The largest absolute Gasteiger partial charge is 0.456 e. The molecule has 0 aliphatic heterocycles. The summed E-state index contributed by atoms with van der Waals surface area (Å²) in [7, 11) is 0.710. The van der Waals surface area contributed by atoms with Crippen LogP contribution in [-0.2, 0) is 15.8 Å². The van der Waals surface area contributed by atoms with E-state index in [4.69, 9.17) is 14.4 Å². The van der Waals surface area contributed by atoms with Gasteiger partial charge >= 0.3 is 7.12 Å². The first-order chi connectivity index (χ1) is 9.67. The monoisotopic (exact) mass is 283 g/mol. The van der Waals surface area contributed by atoms with Crippen molar-refractivity contribution in [3.05, 3.63) is 29.6 Å². The zero-order chi connectivity index (χ0) is 14.8. The molecule has 0 radical (unpaired) electrons. The lowest BCUT2D eigenvalue weighted by Crippen LogP contribution is -2.17. The van der Waals surface area contributed by atoms with Crippen molar-refractivity contribution in [2.75, 3.05) is 32.2 Å². The number of nitrogens with one attached hydrogen (secondary N) is 1. The number of hydrogen-bond acceptors (Lipinski definition) is 4. The molecule has 0 spiro atoms. The lowest BCUT2D eigenvalue weighted by molar-refractivity contribution is 0.141. The second-order valence-electron chi connectivity index (χ2n) is 4.53. The maximum absolute atomic E-state index is 13.3. The molecule has 0 atom stereocenters. The Morgan fingerprint density at radius 3 is 2.85 bits per heavy atom. The molecule has 0 bridgehead atoms.